The highest BCUT2D eigenvalue weighted by Crippen LogP contribution is 1.97. The van der Waals surface area contributed by atoms with Gasteiger partial charge in [-0.05, 0) is 0 Å². The molecular weight excluding hydrogens is 246 g/mol. The van der Waals surface area contributed by atoms with Crippen LogP contribution in [0.5, 0.6) is 0 Å². The van der Waals surface area contributed by atoms with Crippen LogP contribution in [0.1, 0.15) is 12.8 Å². The smallest absolute Gasteiger partial charge is 0.326 e. The molecule has 0 heterocycles. The standard InChI is InChI=1S/C9H14N3O6/c1-11-6(13)2-4(10)8(16)12-5(9(17)18)3-7(14)15/h4-5,10H,2-3H2,1H3,(H,11,13)(H,12,16)(H,14,15)(H,17,18). The quantitative estimate of drug-likeness (QED) is 0.407. The summed E-state index contributed by atoms with van der Waals surface area (Å²) in [5, 5.41) is 21.2. The van der Waals surface area contributed by atoms with Crippen LogP contribution >= 0.6 is 0 Å². The predicted octanol–water partition coefficient (Wildman–Crippen LogP) is -2.18. The Hall–Kier alpha value is -2.16. The molecule has 0 rings (SSSR count). The molecule has 0 saturated carbocycles. The summed E-state index contributed by atoms with van der Waals surface area (Å²) in [7, 11) is 1.33. The molecule has 0 aliphatic rings. The van der Waals surface area contributed by atoms with Crippen molar-refractivity contribution in [2.45, 2.75) is 24.9 Å². The fourth-order valence-electron chi connectivity index (χ4n) is 1.03. The van der Waals surface area contributed by atoms with Crippen LogP contribution in [0.2, 0.25) is 0 Å². The van der Waals surface area contributed by atoms with E-state index in [1.807, 2.05) is 5.32 Å². The van der Waals surface area contributed by atoms with E-state index in [0.29, 0.717) is 0 Å². The number of hydrogen-bond donors (Lipinski definition) is 4. The SMILES string of the molecule is CNC(=O)CC([NH])C(=O)NC(CC(=O)O)C(=O)O. The van der Waals surface area contributed by atoms with Gasteiger partial charge in [0.2, 0.25) is 11.8 Å². The molecule has 18 heavy (non-hydrogen) atoms. The van der Waals surface area contributed by atoms with Crippen LogP contribution in [-0.4, -0.2) is 53.1 Å². The first kappa shape index (κ1) is 15.8. The van der Waals surface area contributed by atoms with Crippen molar-refractivity contribution in [2.24, 2.45) is 0 Å². The zero-order chi connectivity index (χ0) is 14.3. The lowest BCUT2D eigenvalue weighted by Gasteiger charge is -2.15. The van der Waals surface area contributed by atoms with Crippen LogP contribution in [0.3, 0.4) is 0 Å². The minimum absolute atomic E-state index is 0.429. The molecule has 5 N–H and O–H groups in total. The molecule has 9 nitrogen and oxygen atoms in total. The second kappa shape index (κ2) is 7.22. The third-order valence-electron chi connectivity index (χ3n) is 1.98. The molecule has 0 aliphatic heterocycles. The molecule has 0 aromatic carbocycles. The Morgan fingerprint density at radius 3 is 2.11 bits per heavy atom. The maximum Gasteiger partial charge on any atom is 0.326 e. The van der Waals surface area contributed by atoms with E-state index < -0.39 is 48.7 Å². The second-order valence-corrected chi connectivity index (χ2v) is 3.43. The van der Waals surface area contributed by atoms with Crippen molar-refractivity contribution < 1.29 is 29.4 Å². The number of rotatable bonds is 7. The Kier molecular flexibility index (Phi) is 6.35. The topological polar surface area (TPSA) is 157 Å². The molecule has 0 spiro atoms. The first-order valence-corrected chi connectivity index (χ1v) is 4.94. The van der Waals surface area contributed by atoms with Gasteiger partial charge >= 0.3 is 11.9 Å². The Bertz CT molecular complexity index is 356. The average Bonchev–Trinajstić information content (AvgIpc) is 2.26. The van der Waals surface area contributed by atoms with Gasteiger partial charge in [0.05, 0.1) is 12.8 Å². The summed E-state index contributed by atoms with van der Waals surface area (Å²) in [6.45, 7) is 0. The lowest BCUT2D eigenvalue weighted by Crippen LogP contribution is -2.47. The van der Waals surface area contributed by atoms with Crippen molar-refractivity contribution in [3.05, 3.63) is 0 Å². The Labute approximate surface area is 102 Å². The second-order valence-electron chi connectivity index (χ2n) is 3.43. The van der Waals surface area contributed by atoms with Gasteiger partial charge in [0.1, 0.15) is 12.1 Å². The summed E-state index contributed by atoms with van der Waals surface area (Å²) in [6.07, 6.45) is -1.23. The summed E-state index contributed by atoms with van der Waals surface area (Å²) < 4.78 is 0. The molecule has 1 radical (unpaired) electrons. The van der Waals surface area contributed by atoms with Gasteiger partial charge in [0.15, 0.2) is 0 Å². The van der Waals surface area contributed by atoms with Crippen LogP contribution in [0.15, 0.2) is 0 Å². The summed E-state index contributed by atoms with van der Waals surface area (Å²) in [6, 6.07) is -3.10. The van der Waals surface area contributed by atoms with E-state index in [9.17, 15) is 19.2 Å². The molecule has 9 heteroatoms. The van der Waals surface area contributed by atoms with Crippen LogP contribution in [0.25, 0.3) is 0 Å². The molecule has 0 aromatic rings. The van der Waals surface area contributed by atoms with E-state index in [4.69, 9.17) is 15.9 Å². The van der Waals surface area contributed by atoms with Gasteiger partial charge in [-0.1, -0.05) is 0 Å². The summed E-state index contributed by atoms with van der Waals surface area (Å²) in [5.41, 5.74) is 7.32. The number of carbonyl (C=O) groups excluding carboxylic acids is 2. The van der Waals surface area contributed by atoms with Gasteiger partial charge in [0.25, 0.3) is 0 Å². The first-order chi connectivity index (χ1) is 8.27. The van der Waals surface area contributed by atoms with Crippen LogP contribution in [-0.2, 0) is 19.2 Å². The minimum atomic E-state index is -1.62. The zero-order valence-corrected chi connectivity index (χ0v) is 9.60. The summed E-state index contributed by atoms with van der Waals surface area (Å²) in [4.78, 5) is 43.3. The Balaban J connectivity index is 4.45. The highest BCUT2D eigenvalue weighted by Gasteiger charge is 2.26. The molecule has 2 amide bonds. The number of carboxylic acids is 2. The van der Waals surface area contributed by atoms with E-state index in [2.05, 4.69) is 5.32 Å². The Morgan fingerprint density at radius 1 is 1.17 bits per heavy atom. The van der Waals surface area contributed by atoms with E-state index in [-0.39, 0.29) is 0 Å². The van der Waals surface area contributed by atoms with Crippen LogP contribution in [0.4, 0.5) is 0 Å². The molecular formula is C9H14N3O6. The highest BCUT2D eigenvalue weighted by atomic mass is 16.4. The van der Waals surface area contributed by atoms with Crippen molar-refractivity contribution in [3.8, 4) is 0 Å². The third kappa shape index (κ3) is 5.80. The average molecular weight is 260 g/mol. The van der Waals surface area contributed by atoms with Crippen LogP contribution in [0, 0.1) is 0 Å². The zero-order valence-electron chi connectivity index (χ0n) is 9.60. The lowest BCUT2D eigenvalue weighted by molar-refractivity contribution is -0.147. The highest BCUT2D eigenvalue weighted by molar-refractivity contribution is 5.91. The van der Waals surface area contributed by atoms with Crippen molar-refractivity contribution in [1.29, 1.82) is 0 Å². The van der Waals surface area contributed by atoms with Crippen molar-refractivity contribution in [3.63, 3.8) is 0 Å². The Morgan fingerprint density at radius 2 is 1.72 bits per heavy atom. The van der Waals surface area contributed by atoms with Gasteiger partial charge < -0.3 is 20.8 Å². The van der Waals surface area contributed by atoms with E-state index in [0.717, 1.165) is 0 Å². The van der Waals surface area contributed by atoms with E-state index >= 15 is 0 Å². The minimum Gasteiger partial charge on any atom is -0.481 e. The fourth-order valence-corrected chi connectivity index (χ4v) is 1.03. The van der Waals surface area contributed by atoms with Crippen LogP contribution < -0.4 is 16.4 Å². The molecule has 101 valence electrons. The number of amides is 2. The largest absolute Gasteiger partial charge is 0.481 e. The normalized spacial score (nSPS) is 13.2. The molecule has 0 aromatic heterocycles. The number of nitrogens with one attached hydrogen (secondary N) is 3. The summed E-state index contributed by atoms with van der Waals surface area (Å²) in [5.74, 6) is -4.46. The maximum atomic E-state index is 11.4. The molecule has 0 saturated heterocycles. The molecule has 0 aliphatic carbocycles. The number of carbonyl (C=O) groups is 4. The molecule has 2 atom stereocenters. The number of hydrogen-bond acceptors (Lipinski definition) is 4. The molecule has 0 bridgehead atoms. The van der Waals surface area contributed by atoms with Gasteiger partial charge in [-0.3, -0.25) is 14.4 Å². The summed E-state index contributed by atoms with van der Waals surface area (Å²) >= 11 is 0. The van der Waals surface area contributed by atoms with Crippen molar-refractivity contribution in [1.82, 2.24) is 16.4 Å². The first-order valence-electron chi connectivity index (χ1n) is 4.94. The van der Waals surface area contributed by atoms with Crippen molar-refractivity contribution in [2.75, 3.05) is 7.05 Å². The number of aliphatic carboxylic acids is 2. The van der Waals surface area contributed by atoms with Gasteiger partial charge in [-0.25, -0.2) is 10.5 Å². The van der Waals surface area contributed by atoms with Gasteiger partial charge in [-0.15, -0.1) is 0 Å². The maximum absolute atomic E-state index is 11.4. The molecule has 0 fully saturated rings. The van der Waals surface area contributed by atoms with E-state index in [1.165, 1.54) is 7.05 Å². The fraction of sp³-hybridized carbons (Fsp3) is 0.556. The predicted molar refractivity (Wildman–Crippen MR) is 57.4 cm³/mol. The van der Waals surface area contributed by atoms with Gasteiger partial charge in [-0.2, -0.15) is 0 Å². The van der Waals surface area contributed by atoms with E-state index in [1.54, 1.807) is 0 Å². The monoisotopic (exact) mass is 260 g/mol. The third-order valence-corrected chi connectivity index (χ3v) is 1.98. The van der Waals surface area contributed by atoms with Gasteiger partial charge in [0, 0.05) is 7.05 Å². The lowest BCUT2D eigenvalue weighted by atomic mass is 10.1. The van der Waals surface area contributed by atoms with Crippen molar-refractivity contribution >= 4 is 23.8 Å². The molecule has 2 unspecified atom stereocenters. The number of carboxylic acid groups (broad SMARTS) is 2.